The molecule has 2 amide bonds. The van der Waals surface area contributed by atoms with E-state index in [0.717, 1.165) is 11.1 Å². The molecule has 1 aromatic carbocycles. The van der Waals surface area contributed by atoms with Crippen molar-refractivity contribution in [3.05, 3.63) is 65.3 Å². The smallest absolute Gasteiger partial charge is 0.415 e. The molecule has 3 heterocycles. The predicted octanol–water partition coefficient (Wildman–Crippen LogP) is 2.87. The van der Waals surface area contributed by atoms with Crippen molar-refractivity contribution in [2.45, 2.75) is 19.5 Å². The van der Waals surface area contributed by atoms with E-state index in [0.29, 0.717) is 13.1 Å². The van der Waals surface area contributed by atoms with Gasteiger partial charge < -0.3 is 9.25 Å². The van der Waals surface area contributed by atoms with Crippen LogP contribution in [-0.2, 0) is 17.9 Å². The summed E-state index contributed by atoms with van der Waals surface area (Å²) in [7, 11) is 0. The number of nitrogens with zero attached hydrogens (tertiary/aromatic N) is 4. The Balaban J connectivity index is 1.33. The SMILES string of the molecule is O=C(NOC(=O)N1Cc2ccccc2C1)c1ccc(-c2nnc(C(F)F)o2)cn1. The average Bonchev–Trinajstić information content (AvgIpc) is 3.39. The molecule has 0 bridgehead atoms. The molecular weight excluding hydrogens is 388 g/mol. The van der Waals surface area contributed by atoms with Crippen LogP contribution < -0.4 is 5.48 Å². The zero-order valence-corrected chi connectivity index (χ0v) is 14.7. The number of hydrogen-bond donors (Lipinski definition) is 1. The highest BCUT2D eigenvalue weighted by molar-refractivity contribution is 5.92. The second-order valence-electron chi connectivity index (χ2n) is 6.10. The summed E-state index contributed by atoms with van der Waals surface area (Å²) in [6.45, 7) is 0.783. The van der Waals surface area contributed by atoms with Crippen molar-refractivity contribution >= 4 is 12.0 Å². The number of pyridine rings is 1. The Hall–Kier alpha value is -3.89. The molecule has 4 rings (SSSR count). The van der Waals surface area contributed by atoms with Gasteiger partial charge in [0.15, 0.2) is 0 Å². The third kappa shape index (κ3) is 3.88. The van der Waals surface area contributed by atoms with Crippen molar-refractivity contribution in [2.24, 2.45) is 0 Å². The van der Waals surface area contributed by atoms with Crippen LogP contribution in [-0.4, -0.2) is 32.1 Å². The fourth-order valence-electron chi connectivity index (χ4n) is 2.76. The number of benzene rings is 1. The molecule has 0 spiro atoms. The summed E-state index contributed by atoms with van der Waals surface area (Å²) in [4.78, 5) is 34.4. The summed E-state index contributed by atoms with van der Waals surface area (Å²) in [5.74, 6) is -1.71. The first-order valence-corrected chi connectivity index (χ1v) is 8.42. The van der Waals surface area contributed by atoms with Crippen LogP contribution in [0, 0.1) is 0 Å². The largest absolute Gasteiger partial charge is 0.434 e. The van der Waals surface area contributed by atoms with E-state index in [1.165, 1.54) is 23.2 Å². The number of fused-ring (bicyclic) bond motifs is 1. The van der Waals surface area contributed by atoms with Crippen LogP contribution >= 0.6 is 0 Å². The van der Waals surface area contributed by atoms with Crippen molar-refractivity contribution in [2.75, 3.05) is 0 Å². The molecule has 0 radical (unpaired) electrons. The number of nitrogens with one attached hydrogen (secondary N) is 1. The fraction of sp³-hybridized carbons (Fsp3) is 0.167. The van der Waals surface area contributed by atoms with E-state index in [2.05, 4.69) is 15.2 Å². The summed E-state index contributed by atoms with van der Waals surface area (Å²) < 4.78 is 29.8. The highest BCUT2D eigenvalue weighted by atomic mass is 19.3. The third-order valence-electron chi connectivity index (χ3n) is 4.20. The number of alkyl halides is 2. The maximum absolute atomic E-state index is 12.5. The number of halogens is 2. The van der Waals surface area contributed by atoms with Crippen LogP contribution in [0.1, 0.15) is 33.9 Å². The van der Waals surface area contributed by atoms with Crippen molar-refractivity contribution in [3.8, 4) is 11.5 Å². The number of carbonyl (C=O) groups is 2. The molecule has 0 saturated carbocycles. The van der Waals surface area contributed by atoms with Crippen molar-refractivity contribution in [1.29, 1.82) is 0 Å². The van der Waals surface area contributed by atoms with Crippen LogP contribution in [0.5, 0.6) is 0 Å². The Morgan fingerprint density at radius 3 is 2.41 bits per heavy atom. The zero-order valence-electron chi connectivity index (χ0n) is 14.7. The minimum atomic E-state index is -2.88. The summed E-state index contributed by atoms with van der Waals surface area (Å²) in [5, 5.41) is 6.71. The van der Waals surface area contributed by atoms with Crippen LogP contribution in [0.25, 0.3) is 11.5 Å². The fourth-order valence-corrected chi connectivity index (χ4v) is 2.76. The van der Waals surface area contributed by atoms with E-state index in [9.17, 15) is 18.4 Å². The number of hydroxylamine groups is 1. The van der Waals surface area contributed by atoms with E-state index in [1.807, 2.05) is 29.7 Å². The lowest BCUT2D eigenvalue weighted by molar-refractivity contribution is 0.0411. The number of amides is 2. The van der Waals surface area contributed by atoms with Gasteiger partial charge in [-0.25, -0.2) is 4.79 Å². The lowest BCUT2D eigenvalue weighted by atomic mass is 10.1. The van der Waals surface area contributed by atoms with Crippen LogP contribution in [0.3, 0.4) is 0 Å². The second kappa shape index (κ2) is 7.62. The maximum atomic E-state index is 12.5. The molecule has 3 aromatic rings. The van der Waals surface area contributed by atoms with Gasteiger partial charge in [-0.1, -0.05) is 24.3 Å². The van der Waals surface area contributed by atoms with E-state index < -0.39 is 24.3 Å². The molecule has 148 valence electrons. The average molecular weight is 401 g/mol. The van der Waals surface area contributed by atoms with Gasteiger partial charge in [-0.3, -0.25) is 14.7 Å². The van der Waals surface area contributed by atoms with Gasteiger partial charge >= 0.3 is 18.4 Å². The molecule has 0 aliphatic carbocycles. The number of aromatic nitrogens is 3. The van der Waals surface area contributed by atoms with Gasteiger partial charge in [0.1, 0.15) is 5.69 Å². The molecule has 11 heteroatoms. The van der Waals surface area contributed by atoms with Gasteiger partial charge in [0.25, 0.3) is 5.89 Å². The normalized spacial score (nSPS) is 12.7. The minimum Gasteiger partial charge on any atom is -0.415 e. The quantitative estimate of drug-likeness (QED) is 0.672. The first kappa shape index (κ1) is 18.5. The maximum Gasteiger partial charge on any atom is 0.434 e. The number of hydrogen-bond acceptors (Lipinski definition) is 7. The summed E-state index contributed by atoms with van der Waals surface area (Å²) in [6.07, 6.45) is -2.37. The van der Waals surface area contributed by atoms with Crippen molar-refractivity contribution in [1.82, 2.24) is 25.6 Å². The van der Waals surface area contributed by atoms with E-state index in [4.69, 9.17) is 9.25 Å². The Labute approximate surface area is 162 Å². The van der Waals surface area contributed by atoms with Gasteiger partial charge in [0.2, 0.25) is 5.89 Å². The summed E-state index contributed by atoms with van der Waals surface area (Å²) in [6, 6.07) is 10.3. The van der Waals surface area contributed by atoms with Gasteiger partial charge in [-0.05, 0) is 23.3 Å². The molecule has 1 N–H and O–H groups in total. The highest BCUT2D eigenvalue weighted by Crippen LogP contribution is 2.23. The molecule has 1 aliphatic heterocycles. The Morgan fingerprint density at radius 1 is 1.10 bits per heavy atom. The van der Waals surface area contributed by atoms with Gasteiger partial charge in [0, 0.05) is 19.3 Å². The molecule has 0 atom stereocenters. The number of carbonyl (C=O) groups excluding carboxylic acids is 2. The predicted molar refractivity (Wildman–Crippen MR) is 92.1 cm³/mol. The second-order valence-corrected chi connectivity index (χ2v) is 6.10. The molecule has 0 unspecified atom stereocenters. The Bertz CT molecular complexity index is 1030. The first-order chi connectivity index (χ1) is 14.0. The molecule has 9 nitrogen and oxygen atoms in total. The lowest BCUT2D eigenvalue weighted by Crippen LogP contribution is -2.34. The minimum absolute atomic E-state index is 0.0557. The number of rotatable bonds is 3. The molecule has 0 saturated heterocycles. The van der Waals surface area contributed by atoms with Crippen molar-refractivity contribution < 1.29 is 27.6 Å². The van der Waals surface area contributed by atoms with Gasteiger partial charge in [-0.15, -0.1) is 10.2 Å². The molecule has 1 aliphatic rings. The van der Waals surface area contributed by atoms with E-state index in [-0.39, 0.29) is 17.1 Å². The van der Waals surface area contributed by atoms with Crippen molar-refractivity contribution in [3.63, 3.8) is 0 Å². The Kier molecular flexibility index (Phi) is 4.85. The van der Waals surface area contributed by atoms with Crippen LogP contribution in [0.4, 0.5) is 13.6 Å². The molecule has 0 fully saturated rings. The lowest BCUT2D eigenvalue weighted by Gasteiger charge is -2.14. The highest BCUT2D eigenvalue weighted by Gasteiger charge is 2.25. The molecular formula is C18H13F2N5O4. The summed E-state index contributed by atoms with van der Waals surface area (Å²) in [5.41, 5.74) is 4.27. The van der Waals surface area contributed by atoms with Gasteiger partial charge in [0.05, 0.1) is 5.56 Å². The first-order valence-electron chi connectivity index (χ1n) is 8.42. The van der Waals surface area contributed by atoms with E-state index >= 15 is 0 Å². The summed E-state index contributed by atoms with van der Waals surface area (Å²) >= 11 is 0. The topological polar surface area (TPSA) is 110 Å². The van der Waals surface area contributed by atoms with Crippen LogP contribution in [0.15, 0.2) is 47.0 Å². The third-order valence-corrected chi connectivity index (χ3v) is 4.20. The van der Waals surface area contributed by atoms with E-state index in [1.54, 1.807) is 0 Å². The Morgan fingerprint density at radius 2 is 1.83 bits per heavy atom. The van der Waals surface area contributed by atoms with Crippen LogP contribution in [0.2, 0.25) is 0 Å². The zero-order chi connectivity index (χ0) is 20.4. The van der Waals surface area contributed by atoms with Gasteiger partial charge in [-0.2, -0.15) is 14.3 Å². The molecule has 2 aromatic heterocycles. The molecule has 29 heavy (non-hydrogen) atoms. The standard InChI is InChI=1S/C18H13F2N5O4/c19-14(20)17-23-22-16(28-17)10-5-6-13(21-7-10)15(26)24-29-18(27)25-8-11-3-1-2-4-12(11)9-25/h1-7,14H,8-9H2,(H,24,26). The monoisotopic (exact) mass is 401 g/mol.